The summed E-state index contributed by atoms with van der Waals surface area (Å²) in [7, 11) is 1.86. The first-order valence-corrected chi connectivity index (χ1v) is 12.9. The van der Waals surface area contributed by atoms with Crippen LogP contribution in [-0.4, -0.2) is 70.6 Å². The van der Waals surface area contributed by atoms with Crippen LogP contribution in [0.3, 0.4) is 0 Å². The van der Waals surface area contributed by atoms with E-state index >= 15 is 0 Å². The molecule has 2 heterocycles. The Balaban J connectivity index is 1.61. The van der Waals surface area contributed by atoms with Crippen LogP contribution in [0.25, 0.3) is 5.57 Å². The highest BCUT2D eigenvalue weighted by molar-refractivity contribution is 5.97. The van der Waals surface area contributed by atoms with Gasteiger partial charge in [-0.2, -0.15) is 0 Å². The first-order valence-electron chi connectivity index (χ1n) is 12.9. The molecule has 0 bridgehead atoms. The van der Waals surface area contributed by atoms with E-state index in [1.807, 2.05) is 27.0 Å². The van der Waals surface area contributed by atoms with Crippen LogP contribution in [0, 0.1) is 11.8 Å². The first-order chi connectivity index (χ1) is 16.4. The van der Waals surface area contributed by atoms with E-state index in [0.29, 0.717) is 24.5 Å². The summed E-state index contributed by atoms with van der Waals surface area (Å²) in [6.45, 7) is 4.68. The molecule has 1 saturated carbocycles. The van der Waals surface area contributed by atoms with Crippen LogP contribution in [0.1, 0.15) is 81.1 Å². The summed E-state index contributed by atoms with van der Waals surface area (Å²) < 4.78 is 6.37. The molecule has 0 unspecified atom stereocenters. The topological polar surface area (TPSA) is 83.0 Å². The van der Waals surface area contributed by atoms with Gasteiger partial charge >= 0.3 is 0 Å². The van der Waals surface area contributed by atoms with Crippen molar-refractivity contribution in [2.24, 2.45) is 11.8 Å². The third kappa shape index (κ3) is 5.29. The average Bonchev–Trinajstić information content (AvgIpc) is 3.40. The van der Waals surface area contributed by atoms with E-state index < -0.39 is 0 Å². The van der Waals surface area contributed by atoms with Crippen molar-refractivity contribution in [3.05, 3.63) is 29.5 Å². The maximum Gasteiger partial charge on any atom is 0.259 e. The lowest BCUT2D eigenvalue weighted by atomic mass is 9.88. The number of carbonyl (C=O) groups excluding carboxylic acids is 2. The van der Waals surface area contributed by atoms with Crippen molar-refractivity contribution in [3.8, 4) is 5.88 Å². The van der Waals surface area contributed by atoms with Crippen molar-refractivity contribution in [2.75, 3.05) is 26.7 Å². The zero-order valence-corrected chi connectivity index (χ0v) is 20.8. The molecule has 4 rings (SSSR count). The smallest absolute Gasteiger partial charge is 0.259 e. The summed E-state index contributed by atoms with van der Waals surface area (Å²) >= 11 is 0. The van der Waals surface area contributed by atoms with Gasteiger partial charge in [0.1, 0.15) is 11.7 Å². The molecule has 0 radical (unpaired) electrons. The van der Waals surface area contributed by atoms with Gasteiger partial charge in [0.25, 0.3) is 5.91 Å². The van der Waals surface area contributed by atoms with Crippen molar-refractivity contribution < 1.29 is 19.4 Å². The number of ether oxygens (including phenoxy) is 1. The summed E-state index contributed by atoms with van der Waals surface area (Å²) in [4.78, 5) is 34.8. The number of aromatic nitrogens is 1. The largest absolute Gasteiger partial charge is 0.472 e. The molecule has 1 aliphatic heterocycles. The maximum atomic E-state index is 13.6. The fraction of sp³-hybridized carbons (Fsp3) is 0.667. The molecule has 186 valence electrons. The number of carbonyl (C=O) groups is 2. The predicted octanol–water partition coefficient (Wildman–Crippen LogP) is 3.91. The van der Waals surface area contributed by atoms with Gasteiger partial charge in [-0.05, 0) is 56.2 Å². The molecule has 0 saturated heterocycles. The minimum absolute atomic E-state index is 0.0354. The number of pyridine rings is 1. The van der Waals surface area contributed by atoms with E-state index in [0.717, 1.165) is 50.5 Å². The monoisotopic (exact) mass is 469 g/mol. The van der Waals surface area contributed by atoms with Crippen LogP contribution in [-0.2, 0) is 4.79 Å². The number of amides is 2. The molecule has 7 heteroatoms. The lowest BCUT2D eigenvalue weighted by Crippen LogP contribution is -2.51. The lowest BCUT2D eigenvalue weighted by Gasteiger charge is -2.38. The highest BCUT2D eigenvalue weighted by atomic mass is 16.5. The van der Waals surface area contributed by atoms with Gasteiger partial charge in [0.2, 0.25) is 11.8 Å². The van der Waals surface area contributed by atoms with Crippen LogP contribution in [0.5, 0.6) is 5.88 Å². The first kappa shape index (κ1) is 24.7. The predicted molar refractivity (Wildman–Crippen MR) is 131 cm³/mol. The molecule has 3 atom stereocenters. The van der Waals surface area contributed by atoms with Gasteiger partial charge in [0.05, 0.1) is 19.2 Å². The second-order valence-corrected chi connectivity index (χ2v) is 10.4. The fourth-order valence-electron chi connectivity index (χ4n) is 5.45. The number of likely N-dealkylation sites (N-methyl/N-ethyl adjacent to an activating group) is 1. The average molecular weight is 470 g/mol. The van der Waals surface area contributed by atoms with Gasteiger partial charge < -0.3 is 19.6 Å². The molecule has 2 aliphatic carbocycles. The Morgan fingerprint density at radius 1 is 1.29 bits per heavy atom. The Kier molecular flexibility index (Phi) is 7.91. The number of aliphatic hydroxyl groups excluding tert-OH is 1. The number of fused-ring (bicyclic) bond motifs is 1. The Bertz CT molecular complexity index is 924. The van der Waals surface area contributed by atoms with Crippen LogP contribution >= 0.6 is 0 Å². The summed E-state index contributed by atoms with van der Waals surface area (Å²) in [5, 5.41) is 9.85. The molecule has 1 aromatic heterocycles. The molecule has 7 nitrogen and oxygen atoms in total. The van der Waals surface area contributed by atoms with Crippen LogP contribution in [0.4, 0.5) is 0 Å². The molecule has 34 heavy (non-hydrogen) atoms. The van der Waals surface area contributed by atoms with Crippen molar-refractivity contribution in [3.63, 3.8) is 0 Å². The zero-order valence-electron chi connectivity index (χ0n) is 20.8. The second kappa shape index (κ2) is 10.9. The Morgan fingerprint density at radius 3 is 2.74 bits per heavy atom. The maximum absolute atomic E-state index is 13.6. The molecule has 3 aliphatic rings. The van der Waals surface area contributed by atoms with E-state index in [4.69, 9.17) is 4.74 Å². The summed E-state index contributed by atoms with van der Waals surface area (Å²) in [6, 6.07) is 1.57. The Hall–Kier alpha value is -2.41. The Morgan fingerprint density at radius 2 is 2.06 bits per heavy atom. The van der Waals surface area contributed by atoms with Crippen molar-refractivity contribution in [1.82, 2.24) is 14.8 Å². The molecule has 1 N–H and O–H groups in total. The number of aliphatic hydroxyl groups is 1. The highest BCUT2D eigenvalue weighted by Gasteiger charge is 2.35. The van der Waals surface area contributed by atoms with Gasteiger partial charge in [0.15, 0.2) is 0 Å². The third-order valence-electron chi connectivity index (χ3n) is 7.72. The van der Waals surface area contributed by atoms with Crippen LogP contribution in [0.15, 0.2) is 18.3 Å². The molecule has 0 spiro atoms. The van der Waals surface area contributed by atoms with E-state index in [1.165, 1.54) is 12.0 Å². The minimum Gasteiger partial charge on any atom is -0.472 e. The van der Waals surface area contributed by atoms with E-state index in [9.17, 15) is 14.7 Å². The third-order valence-corrected chi connectivity index (χ3v) is 7.72. The summed E-state index contributed by atoms with van der Waals surface area (Å²) in [5.74, 6) is 0.402. The number of nitrogens with zero attached hydrogens (tertiary/aromatic N) is 3. The Labute approximate surface area is 203 Å². The van der Waals surface area contributed by atoms with Gasteiger partial charge in [-0.15, -0.1) is 0 Å². The fourth-order valence-corrected chi connectivity index (χ4v) is 5.45. The second-order valence-electron chi connectivity index (χ2n) is 10.4. The molecule has 1 fully saturated rings. The van der Waals surface area contributed by atoms with Crippen molar-refractivity contribution in [2.45, 2.75) is 77.4 Å². The van der Waals surface area contributed by atoms with Crippen LogP contribution in [0.2, 0.25) is 0 Å². The normalized spacial score (nSPS) is 24.5. The number of hydrogen-bond donors (Lipinski definition) is 1. The van der Waals surface area contributed by atoms with Gasteiger partial charge in [-0.3, -0.25) is 9.59 Å². The number of hydrogen-bond acceptors (Lipinski definition) is 5. The number of rotatable bonds is 6. The standard InChI is InChI=1S/C27H39N3O4/c1-18-15-30(19(2)17-31)27(33)23-13-22(20-9-7-8-10-20)14-28-25(23)34-24(18)16-29(3)26(32)21-11-5-4-6-12-21/h9,13-14,18-19,21,24,31H,4-8,10-12,15-17H2,1-3H3/t18-,19+,24+/m0/s1. The van der Waals surface area contributed by atoms with E-state index in [2.05, 4.69) is 11.1 Å². The molecule has 0 aromatic carbocycles. The zero-order chi connectivity index (χ0) is 24.2. The quantitative estimate of drug-likeness (QED) is 0.683. The van der Waals surface area contributed by atoms with Gasteiger partial charge in [0, 0.05) is 31.6 Å². The van der Waals surface area contributed by atoms with Crippen molar-refractivity contribution in [1.29, 1.82) is 0 Å². The van der Waals surface area contributed by atoms with E-state index in [1.54, 1.807) is 16.0 Å². The number of allylic oxidation sites excluding steroid dienone is 2. The molecular weight excluding hydrogens is 430 g/mol. The highest BCUT2D eigenvalue weighted by Crippen LogP contribution is 2.33. The molecule has 1 aromatic rings. The minimum atomic E-state index is -0.322. The summed E-state index contributed by atoms with van der Waals surface area (Å²) in [5.41, 5.74) is 2.61. The molecular formula is C27H39N3O4. The lowest BCUT2D eigenvalue weighted by molar-refractivity contribution is -0.136. The van der Waals surface area contributed by atoms with Crippen LogP contribution < -0.4 is 4.74 Å². The van der Waals surface area contributed by atoms with Gasteiger partial charge in [-0.1, -0.05) is 32.3 Å². The van der Waals surface area contributed by atoms with E-state index in [-0.39, 0.29) is 42.4 Å². The summed E-state index contributed by atoms with van der Waals surface area (Å²) in [6.07, 6.45) is 12.2. The SMILES string of the molecule is C[C@H](CO)N1C[C@H](C)[C@@H](CN(C)C(=O)C2CCCCC2)Oc2ncc(C3=CCCC3)cc2C1=O. The molecule has 2 amide bonds. The van der Waals surface area contributed by atoms with Crippen molar-refractivity contribution >= 4 is 17.4 Å². The van der Waals surface area contributed by atoms with Gasteiger partial charge in [-0.25, -0.2) is 4.98 Å².